The minimum Gasteiger partial charge on any atom is -0.501 e. The van der Waals surface area contributed by atoms with Gasteiger partial charge in [0.15, 0.2) is 0 Å². The summed E-state index contributed by atoms with van der Waals surface area (Å²) in [6.45, 7) is 3.47. The van der Waals surface area contributed by atoms with Crippen LogP contribution in [-0.4, -0.2) is 45.0 Å². The summed E-state index contributed by atoms with van der Waals surface area (Å²) in [6.07, 6.45) is 5.57. The normalized spacial score (nSPS) is 13.9. The van der Waals surface area contributed by atoms with E-state index in [-0.39, 0.29) is 0 Å². The monoisotopic (exact) mass is 522 g/mol. The number of benzene rings is 1. The topological polar surface area (TPSA) is 35.5 Å². The van der Waals surface area contributed by atoms with Crippen LogP contribution in [0.1, 0.15) is 44.2 Å². The number of aryl methyl sites for hydroxylation is 1. The molecule has 0 aromatic heterocycles. The summed E-state index contributed by atoms with van der Waals surface area (Å²) in [4.78, 5) is 8.00. The van der Waals surface area contributed by atoms with Crippen molar-refractivity contribution in [3.63, 3.8) is 0 Å². The zero-order valence-corrected chi connectivity index (χ0v) is 19.5. The maximum atomic E-state index is 12.0. The molecule has 3 nitrogen and oxygen atoms in total. The van der Waals surface area contributed by atoms with Gasteiger partial charge in [0.2, 0.25) is 0 Å². The molecule has 0 unspecified atom stereocenters. The largest absolute Gasteiger partial charge is 0.501 e. The number of hydrogen-bond acceptors (Lipinski definition) is 3. The predicted octanol–water partition coefficient (Wildman–Crippen LogP) is 7.34. The Labute approximate surface area is 198 Å². The molecule has 1 aliphatic carbocycles. The number of allylic oxidation sites excluding steroid dienone is 2. The van der Waals surface area contributed by atoms with Crippen LogP contribution in [-0.2, 0) is 16.0 Å². The Morgan fingerprint density at radius 3 is 1.74 bits per heavy atom. The van der Waals surface area contributed by atoms with Gasteiger partial charge in [-0.25, -0.2) is 0 Å². The minimum absolute atomic E-state index is 0.716. The van der Waals surface area contributed by atoms with Gasteiger partial charge in [0, 0.05) is 13.3 Å². The quantitative estimate of drug-likeness (QED) is 0.300. The van der Waals surface area contributed by atoms with Crippen molar-refractivity contribution in [2.24, 2.45) is 0 Å². The van der Waals surface area contributed by atoms with Gasteiger partial charge in [-0.3, -0.25) is 0 Å². The molecule has 1 aliphatic rings. The molecule has 0 saturated carbocycles. The molecule has 0 bridgehead atoms. The molecule has 0 N–H and O–H groups in total. The summed E-state index contributed by atoms with van der Waals surface area (Å²) in [6, 6.07) is 6.36. The van der Waals surface area contributed by atoms with Crippen LogP contribution in [0.25, 0.3) is 5.57 Å². The number of terminal acetylenes is 1. The smallest absolute Gasteiger partial charge is 0.460 e. The van der Waals surface area contributed by atoms with Crippen LogP contribution in [0.5, 0.6) is 5.75 Å². The maximum Gasteiger partial charge on any atom is 0.460 e. The van der Waals surface area contributed by atoms with Crippen molar-refractivity contribution in [2.75, 3.05) is 14.2 Å². The molecular weight excluding hydrogens is 495 g/mol. The molecule has 0 heterocycles. The van der Waals surface area contributed by atoms with Gasteiger partial charge >= 0.3 is 23.9 Å². The molecule has 0 radical (unpaired) electrons. The summed E-state index contributed by atoms with van der Waals surface area (Å²) in [5, 5.41) is 0. The molecule has 12 heteroatoms. The Morgan fingerprint density at radius 2 is 1.40 bits per heavy atom. The summed E-state index contributed by atoms with van der Waals surface area (Å²) in [5.41, 5.74) is 4.07. The number of alkyl halides is 9. The van der Waals surface area contributed by atoms with Crippen LogP contribution in [0.4, 0.5) is 39.5 Å². The third-order valence-corrected chi connectivity index (χ3v) is 4.73. The van der Waals surface area contributed by atoms with Crippen LogP contribution in [0.15, 0.2) is 24.0 Å². The molecule has 0 aliphatic heterocycles. The molecule has 200 valence electrons. The van der Waals surface area contributed by atoms with Crippen LogP contribution >= 0.6 is 0 Å². The zero-order chi connectivity index (χ0) is 28.3. The molecule has 35 heavy (non-hydrogen) atoms. The van der Waals surface area contributed by atoms with E-state index in [1.165, 1.54) is 16.7 Å². The summed E-state index contributed by atoms with van der Waals surface area (Å²) in [7, 11) is 3.50. The lowest BCUT2D eigenvalue weighted by molar-refractivity contribution is -0.393. The highest BCUT2D eigenvalue weighted by Gasteiger charge is 2.80. The van der Waals surface area contributed by atoms with Crippen molar-refractivity contribution in [3.8, 4) is 18.6 Å². The van der Waals surface area contributed by atoms with Gasteiger partial charge in [-0.05, 0) is 48.1 Å². The maximum absolute atomic E-state index is 12.0. The fourth-order valence-corrected chi connectivity index (χ4v) is 3.01. The Bertz CT molecular complexity index is 815. The van der Waals surface area contributed by atoms with Crippen LogP contribution in [0.3, 0.4) is 0 Å². The average molecular weight is 522 g/mol. The van der Waals surface area contributed by atoms with Crippen molar-refractivity contribution in [2.45, 2.75) is 63.5 Å². The number of carbonyl (C=O) groups is 1. The number of rotatable bonds is 5. The number of methoxy groups -OCH3 is 2. The predicted molar refractivity (Wildman–Crippen MR) is 114 cm³/mol. The second kappa shape index (κ2) is 13.9. The number of ether oxygens (including phenoxy) is 2. The van der Waals surface area contributed by atoms with E-state index in [0.717, 1.165) is 37.2 Å². The molecular formula is C23H27F9O3. The standard InChI is InChI=1S/C15H20O2.C5H3F9.C2H2.CH2O/c1-4-13-14-9-8-12(16-2)10-11(14)6-5-7-15(13)17-3;1-2(6,7)3(8,9)4(10,11)5(12,13)14;2*1-2/h8-10H,4-7H2,1-3H3;1H3;1-2H;1H2. The highest BCUT2D eigenvalue weighted by Crippen LogP contribution is 2.52. The Hall–Kier alpha value is -2.84. The minimum atomic E-state index is -6.77. The lowest BCUT2D eigenvalue weighted by Gasteiger charge is -2.31. The molecule has 1 aromatic carbocycles. The first kappa shape index (κ1) is 34.3. The van der Waals surface area contributed by atoms with Crippen molar-refractivity contribution in [1.29, 1.82) is 0 Å². The van der Waals surface area contributed by atoms with Gasteiger partial charge in [-0.1, -0.05) is 13.0 Å². The van der Waals surface area contributed by atoms with Gasteiger partial charge in [0.1, 0.15) is 12.5 Å². The second-order valence-corrected chi connectivity index (χ2v) is 6.87. The van der Waals surface area contributed by atoms with E-state index in [1.807, 2.05) is 12.9 Å². The van der Waals surface area contributed by atoms with Crippen LogP contribution in [0.2, 0.25) is 0 Å². The number of carbonyl (C=O) groups excluding carboxylic acids is 1. The van der Waals surface area contributed by atoms with E-state index in [0.29, 0.717) is 0 Å². The molecule has 0 saturated heterocycles. The summed E-state index contributed by atoms with van der Waals surface area (Å²) in [5.74, 6) is -16.6. The van der Waals surface area contributed by atoms with Crippen molar-refractivity contribution >= 4 is 12.4 Å². The highest BCUT2D eigenvalue weighted by molar-refractivity contribution is 5.71. The van der Waals surface area contributed by atoms with Crippen molar-refractivity contribution < 1.29 is 53.8 Å². The van der Waals surface area contributed by atoms with Gasteiger partial charge in [0.05, 0.1) is 20.0 Å². The number of halogens is 9. The van der Waals surface area contributed by atoms with Gasteiger partial charge in [-0.2, -0.15) is 39.5 Å². The van der Waals surface area contributed by atoms with E-state index < -0.39 is 30.9 Å². The summed E-state index contributed by atoms with van der Waals surface area (Å²) < 4.78 is 116. The van der Waals surface area contributed by atoms with E-state index >= 15 is 0 Å². The van der Waals surface area contributed by atoms with E-state index in [4.69, 9.17) is 14.3 Å². The number of fused-ring (bicyclic) bond motifs is 1. The molecule has 0 fully saturated rings. The second-order valence-electron chi connectivity index (χ2n) is 6.87. The lowest BCUT2D eigenvalue weighted by Crippen LogP contribution is -2.59. The number of hydrogen-bond donors (Lipinski definition) is 0. The Balaban J connectivity index is 0. The third kappa shape index (κ3) is 8.11. The fourth-order valence-electron chi connectivity index (χ4n) is 3.01. The average Bonchev–Trinajstić information content (AvgIpc) is 2.98. The third-order valence-electron chi connectivity index (χ3n) is 4.73. The van der Waals surface area contributed by atoms with Gasteiger partial charge in [0.25, 0.3) is 0 Å². The molecule has 0 spiro atoms. The first-order valence-electron chi connectivity index (χ1n) is 9.80. The molecule has 0 amide bonds. The first-order valence-corrected chi connectivity index (χ1v) is 9.80. The van der Waals surface area contributed by atoms with Crippen LogP contribution < -0.4 is 4.74 Å². The van der Waals surface area contributed by atoms with Gasteiger partial charge < -0.3 is 14.3 Å². The SMILES string of the molecule is C#C.C=O.CC(F)(F)C(F)(F)C(F)(F)C(F)(F)F.CCC1=C(OC)CCCc2cc(OC)ccc21. The van der Waals surface area contributed by atoms with Crippen LogP contribution in [0, 0.1) is 12.8 Å². The fraction of sp³-hybridized carbons (Fsp3) is 0.522. The summed E-state index contributed by atoms with van der Waals surface area (Å²) >= 11 is 0. The van der Waals surface area contributed by atoms with E-state index in [1.54, 1.807) is 14.2 Å². The van der Waals surface area contributed by atoms with Crippen molar-refractivity contribution in [1.82, 2.24) is 0 Å². The van der Waals surface area contributed by atoms with E-state index in [2.05, 4.69) is 31.9 Å². The first-order chi connectivity index (χ1) is 16.0. The Morgan fingerprint density at radius 1 is 0.886 bits per heavy atom. The lowest BCUT2D eigenvalue weighted by atomic mass is 9.97. The highest BCUT2D eigenvalue weighted by atomic mass is 19.4. The zero-order valence-electron chi connectivity index (χ0n) is 19.5. The van der Waals surface area contributed by atoms with Crippen molar-refractivity contribution in [3.05, 3.63) is 35.1 Å². The molecule has 0 atom stereocenters. The van der Waals surface area contributed by atoms with Gasteiger partial charge in [-0.15, -0.1) is 12.8 Å². The molecule has 2 rings (SSSR count). The Kier molecular flexibility index (Phi) is 13.6. The molecule has 1 aromatic rings. The van der Waals surface area contributed by atoms with E-state index in [9.17, 15) is 39.5 Å².